The number of hydrogen-bond donors (Lipinski definition) is 2. The number of imidazole rings is 1. The van der Waals surface area contributed by atoms with Gasteiger partial charge in [0.2, 0.25) is 0 Å². The summed E-state index contributed by atoms with van der Waals surface area (Å²) in [6.07, 6.45) is 0.152. The first-order valence-electron chi connectivity index (χ1n) is 8.27. The number of benzene rings is 2. The Kier molecular flexibility index (Phi) is 4.88. The van der Waals surface area contributed by atoms with Crippen LogP contribution in [-0.4, -0.2) is 21.6 Å². The number of anilines is 1. The van der Waals surface area contributed by atoms with E-state index in [1.807, 2.05) is 74.0 Å². The molecule has 130 valence electrons. The van der Waals surface area contributed by atoms with Gasteiger partial charge in [0.05, 0.1) is 17.1 Å². The lowest BCUT2D eigenvalue weighted by molar-refractivity contribution is 0.242. The van der Waals surface area contributed by atoms with Gasteiger partial charge in [-0.2, -0.15) is 0 Å². The zero-order valence-electron chi connectivity index (χ0n) is 14.7. The Balaban J connectivity index is 1.66. The maximum Gasteiger partial charge on any atom is 0.193 e. The van der Waals surface area contributed by atoms with Crippen molar-refractivity contribution in [3.05, 3.63) is 54.4 Å². The average Bonchev–Trinajstić information content (AvgIpc) is 2.91. The molecule has 0 aliphatic carbocycles. The van der Waals surface area contributed by atoms with Crippen molar-refractivity contribution in [1.82, 2.24) is 9.55 Å². The van der Waals surface area contributed by atoms with Crippen LogP contribution in [0.3, 0.4) is 0 Å². The first-order valence-corrected chi connectivity index (χ1v) is 8.27. The average molecular weight is 337 g/mol. The van der Waals surface area contributed by atoms with Crippen LogP contribution >= 0.6 is 0 Å². The number of para-hydroxylation sites is 2. The Morgan fingerprint density at radius 3 is 2.60 bits per heavy atom. The van der Waals surface area contributed by atoms with Crippen LogP contribution in [0.25, 0.3) is 11.0 Å². The van der Waals surface area contributed by atoms with Crippen molar-refractivity contribution in [3.8, 4) is 5.75 Å². The van der Waals surface area contributed by atoms with Gasteiger partial charge in [0.1, 0.15) is 18.1 Å². The molecule has 0 aliphatic heterocycles. The van der Waals surface area contributed by atoms with Gasteiger partial charge in [-0.25, -0.2) is 9.98 Å². The number of guanidine groups is 1. The third-order valence-electron chi connectivity index (χ3n) is 3.77. The molecule has 25 heavy (non-hydrogen) atoms. The number of nitrogens with one attached hydrogen (secondary N) is 1. The van der Waals surface area contributed by atoms with Crippen molar-refractivity contribution < 1.29 is 4.74 Å². The van der Waals surface area contributed by atoms with Crippen LogP contribution in [0.1, 0.15) is 19.7 Å². The molecule has 0 fully saturated rings. The van der Waals surface area contributed by atoms with Crippen molar-refractivity contribution in [2.24, 2.45) is 17.8 Å². The van der Waals surface area contributed by atoms with Crippen molar-refractivity contribution >= 4 is 22.7 Å². The maximum atomic E-state index is 5.99. The second kappa shape index (κ2) is 7.25. The van der Waals surface area contributed by atoms with Crippen LogP contribution in [0.15, 0.2) is 53.5 Å². The minimum atomic E-state index is 0.152. The number of nitrogens with two attached hydrogens (primary N) is 1. The third kappa shape index (κ3) is 4.09. The molecular formula is C19H23N5O. The Morgan fingerprint density at radius 2 is 1.92 bits per heavy atom. The van der Waals surface area contributed by atoms with Crippen LogP contribution in [-0.2, 0) is 13.6 Å². The van der Waals surface area contributed by atoms with E-state index < -0.39 is 0 Å². The summed E-state index contributed by atoms with van der Waals surface area (Å²) < 4.78 is 7.65. The number of fused-ring (bicyclic) bond motifs is 1. The van der Waals surface area contributed by atoms with Crippen molar-refractivity contribution in [1.29, 1.82) is 0 Å². The molecule has 3 N–H and O–H groups in total. The molecule has 0 amide bonds. The highest BCUT2D eigenvalue weighted by atomic mass is 16.5. The number of ether oxygens (including phenoxy) is 1. The minimum absolute atomic E-state index is 0.152. The molecule has 3 aromatic rings. The van der Waals surface area contributed by atoms with Gasteiger partial charge in [-0.05, 0) is 50.2 Å². The summed E-state index contributed by atoms with van der Waals surface area (Å²) in [5.41, 5.74) is 8.89. The summed E-state index contributed by atoms with van der Waals surface area (Å²) in [5.74, 6) is 2.05. The van der Waals surface area contributed by atoms with Crippen LogP contribution in [0.4, 0.5) is 5.69 Å². The molecule has 6 nitrogen and oxygen atoms in total. The molecule has 0 saturated carbocycles. The van der Waals surface area contributed by atoms with Gasteiger partial charge in [0, 0.05) is 12.7 Å². The van der Waals surface area contributed by atoms with Gasteiger partial charge in [0.15, 0.2) is 5.96 Å². The standard InChI is InChI=1S/C19H23N5O/c1-13(2)25-15-10-8-14(9-11-15)22-19(20)21-12-18-23-16-6-4-5-7-17(16)24(18)3/h4-11,13H,12H2,1-3H3,(H3,20,21,22). The zero-order chi connectivity index (χ0) is 17.8. The molecule has 0 spiro atoms. The second-order valence-electron chi connectivity index (χ2n) is 6.09. The van der Waals surface area contributed by atoms with Crippen molar-refractivity contribution in [2.75, 3.05) is 5.32 Å². The lowest BCUT2D eigenvalue weighted by Crippen LogP contribution is -2.22. The molecule has 1 heterocycles. The highest BCUT2D eigenvalue weighted by Gasteiger charge is 2.06. The zero-order valence-corrected chi connectivity index (χ0v) is 14.7. The molecule has 0 saturated heterocycles. The minimum Gasteiger partial charge on any atom is -0.491 e. The van der Waals surface area contributed by atoms with Gasteiger partial charge in [-0.1, -0.05) is 12.1 Å². The number of nitrogens with zero attached hydrogens (tertiary/aromatic N) is 3. The van der Waals surface area contributed by atoms with Crippen LogP contribution in [0.5, 0.6) is 5.75 Å². The third-order valence-corrected chi connectivity index (χ3v) is 3.77. The largest absolute Gasteiger partial charge is 0.491 e. The van der Waals surface area contributed by atoms with E-state index in [4.69, 9.17) is 10.5 Å². The van der Waals surface area contributed by atoms with Crippen LogP contribution in [0, 0.1) is 0 Å². The van der Waals surface area contributed by atoms with Gasteiger partial charge in [0.25, 0.3) is 0 Å². The monoisotopic (exact) mass is 337 g/mol. The highest BCUT2D eigenvalue weighted by Crippen LogP contribution is 2.17. The Labute approximate surface area is 147 Å². The first-order chi connectivity index (χ1) is 12.0. The number of rotatable bonds is 5. The summed E-state index contributed by atoms with van der Waals surface area (Å²) in [6.45, 7) is 4.41. The van der Waals surface area contributed by atoms with Crippen molar-refractivity contribution in [3.63, 3.8) is 0 Å². The summed E-state index contributed by atoms with van der Waals surface area (Å²) in [4.78, 5) is 8.97. The number of aromatic nitrogens is 2. The first kappa shape index (κ1) is 16.8. The van der Waals surface area contributed by atoms with E-state index >= 15 is 0 Å². The second-order valence-corrected chi connectivity index (χ2v) is 6.09. The molecule has 3 rings (SSSR count). The van der Waals surface area contributed by atoms with Gasteiger partial charge in [-0.15, -0.1) is 0 Å². The molecule has 0 aliphatic rings. The van der Waals surface area contributed by atoms with E-state index in [1.165, 1.54) is 0 Å². The van der Waals surface area contributed by atoms with Gasteiger partial charge >= 0.3 is 0 Å². The topological polar surface area (TPSA) is 77.5 Å². The van der Waals surface area contributed by atoms with E-state index in [1.54, 1.807) is 0 Å². The maximum absolute atomic E-state index is 5.99. The molecule has 2 aromatic carbocycles. The Bertz CT molecular complexity index is 880. The predicted molar refractivity (Wildman–Crippen MR) is 102 cm³/mol. The Morgan fingerprint density at radius 1 is 1.20 bits per heavy atom. The van der Waals surface area contributed by atoms with Gasteiger partial charge < -0.3 is 20.4 Å². The number of aryl methyl sites for hydroxylation is 1. The lowest BCUT2D eigenvalue weighted by Gasteiger charge is -2.11. The van der Waals surface area contributed by atoms with Crippen LogP contribution < -0.4 is 15.8 Å². The van der Waals surface area contributed by atoms with Gasteiger partial charge in [-0.3, -0.25) is 0 Å². The van der Waals surface area contributed by atoms with E-state index in [2.05, 4.69) is 15.3 Å². The molecule has 0 radical (unpaired) electrons. The summed E-state index contributed by atoms with van der Waals surface area (Å²) in [7, 11) is 1.98. The predicted octanol–water partition coefficient (Wildman–Crippen LogP) is 3.29. The fraction of sp³-hybridized carbons (Fsp3) is 0.263. The molecule has 0 atom stereocenters. The number of hydrogen-bond acceptors (Lipinski definition) is 3. The van der Waals surface area contributed by atoms with Crippen molar-refractivity contribution in [2.45, 2.75) is 26.5 Å². The fourth-order valence-electron chi connectivity index (χ4n) is 2.57. The quantitative estimate of drug-likeness (QED) is 0.553. The van der Waals surface area contributed by atoms with E-state index in [0.29, 0.717) is 12.5 Å². The molecular weight excluding hydrogens is 314 g/mol. The summed E-state index contributed by atoms with van der Waals surface area (Å²) in [5, 5.41) is 3.08. The molecule has 6 heteroatoms. The Hall–Kier alpha value is -3.02. The summed E-state index contributed by atoms with van der Waals surface area (Å²) >= 11 is 0. The summed E-state index contributed by atoms with van der Waals surface area (Å²) in [6, 6.07) is 15.6. The smallest absolute Gasteiger partial charge is 0.193 e. The fourth-order valence-corrected chi connectivity index (χ4v) is 2.57. The van der Waals surface area contributed by atoms with E-state index in [0.717, 1.165) is 28.3 Å². The highest BCUT2D eigenvalue weighted by molar-refractivity contribution is 5.92. The normalized spacial score (nSPS) is 11.9. The number of aliphatic imine (C=N–C) groups is 1. The SMILES string of the molecule is CC(C)Oc1ccc(NC(N)=NCc2nc3ccccc3n2C)cc1. The molecule has 1 aromatic heterocycles. The lowest BCUT2D eigenvalue weighted by atomic mass is 10.3. The van der Waals surface area contributed by atoms with Crippen LogP contribution in [0.2, 0.25) is 0 Å². The molecule has 0 bridgehead atoms. The van der Waals surface area contributed by atoms with E-state index in [-0.39, 0.29) is 6.10 Å². The molecule has 0 unspecified atom stereocenters. The van der Waals surface area contributed by atoms with E-state index in [9.17, 15) is 0 Å².